The van der Waals surface area contributed by atoms with E-state index in [1.807, 2.05) is 6.07 Å². The maximum atomic E-state index is 12.7. The van der Waals surface area contributed by atoms with E-state index in [4.69, 9.17) is 0 Å². The summed E-state index contributed by atoms with van der Waals surface area (Å²) in [6.07, 6.45) is 1.76. The van der Waals surface area contributed by atoms with Crippen molar-refractivity contribution in [2.75, 3.05) is 56.1 Å². The van der Waals surface area contributed by atoms with Crippen molar-refractivity contribution in [2.45, 2.75) is 25.6 Å². The van der Waals surface area contributed by atoms with Gasteiger partial charge in [-0.15, -0.1) is 0 Å². The maximum Gasteiger partial charge on any atom is 0.253 e. The van der Waals surface area contributed by atoms with Crippen LogP contribution < -0.4 is 15.4 Å². The first-order valence-corrected chi connectivity index (χ1v) is 12.4. The van der Waals surface area contributed by atoms with Crippen molar-refractivity contribution >= 4 is 22.4 Å². The fourth-order valence-electron chi connectivity index (χ4n) is 7.07. The molecule has 7 nitrogen and oxygen atoms in total. The van der Waals surface area contributed by atoms with Gasteiger partial charge in [0, 0.05) is 87.7 Å². The first kappa shape index (κ1) is 20.5. The van der Waals surface area contributed by atoms with E-state index in [2.05, 4.69) is 62.8 Å². The normalized spacial score (nSPS) is 25.9. The van der Waals surface area contributed by atoms with Gasteiger partial charge in [0.05, 0.1) is 11.7 Å². The number of fused-ring (bicyclic) bond motifs is 4. The molecule has 1 spiro atoms. The molecule has 0 unspecified atom stereocenters. The fourth-order valence-corrected chi connectivity index (χ4v) is 7.07. The van der Waals surface area contributed by atoms with Crippen molar-refractivity contribution in [1.29, 1.82) is 0 Å². The minimum absolute atomic E-state index is 0.00211. The van der Waals surface area contributed by atoms with Gasteiger partial charge in [0.25, 0.3) is 5.56 Å². The molecule has 0 amide bonds. The summed E-state index contributed by atoms with van der Waals surface area (Å²) in [5.41, 5.74) is 6.61. The highest BCUT2D eigenvalue weighted by Gasteiger charge is 2.50. The van der Waals surface area contributed by atoms with Crippen molar-refractivity contribution in [3.8, 4) is 0 Å². The highest BCUT2D eigenvalue weighted by Crippen LogP contribution is 2.45. The molecule has 6 heterocycles. The molecule has 7 heteroatoms. The molecule has 0 saturated carbocycles. The standard InChI is InChI=1S/C27H32N6O/c1-18-11-31(23-10-25(34)30(3)26-22(23)5-4-8-28-26)13-24-21-7-6-20(9-19(21)12-33(18)24)32-16-27(17-32)14-29(2)15-27/h4-10,18,24H,11-17H2,1-3H3/t18-,24-/m1/s1. The lowest BCUT2D eigenvalue weighted by atomic mass is 9.73. The van der Waals surface area contributed by atoms with Crippen molar-refractivity contribution in [3.05, 3.63) is 64.1 Å². The quantitative estimate of drug-likeness (QED) is 0.591. The van der Waals surface area contributed by atoms with Gasteiger partial charge < -0.3 is 14.7 Å². The number of likely N-dealkylation sites (tertiary alicyclic amines) is 1. The van der Waals surface area contributed by atoms with Crippen molar-refractivity contribution in [1.82, 2.24) is 19.4 Å². The number of aryl methyl sites for hydroxylation is 1. The van der Waals surface area contributed by atoms with Crippen LogP contribution in [0.3, 0.4) is 0 Å². The molecule has 0 aliphatic carbocycles. The zero-order valence-electron chi connectivity index (χ0n) is 20.2. The molecule has 0 radical (unpaired) electrons. The van der Waals surface area contributed by atoms with Gasteiger partial charge >= 0.3 is 0 Å². The van der Waals surface area contributed by atoms with Gasteiger partial charge in [-0.25, -0.2) is 4.98 Å². The zero-order chi connectivity index (χ0) is 23.2. The van der Waals surface area contributed by atoms with Crippen molar-refractivity contribution in [2.24, 2.45) is 12.5 Å². The van der Waals surface area contributed by atoms with Gasteiger partial charge in [-0.3, -0.25) is 14.3 Å². The Kier molecular flexibility index (Phi) is 4.25. The van der Waals surface area contributed by atoms with E-state index in [0.29, 0.717) is 17.5 Å². The second kappa shape index (κ2) is 7.06. The molecule has 2 aromatic heterocycles. The SMILES string of the molecule is C[C@@H]1CN(c2cc(=O)n(C)c3ncccc23)C[C@@H]2c3ccc(N4CC5(CN(C)C5)C4)cc3CN12. The molecule has 3 fully saturated rings. The summed E-state index contributed by atoms with van der Waals surface area (Å²) in [7, 11) is 4.02. The van der Waals surface area contributed by atoms with Gasteiger partial charge in [-0.2, -0.15) is 0 Å². The largest absolute Gasteiger partial charge is 0.370 e. The number of rotatable bonds is 2. The molecule has 34 heavy (non-hydrogen) atoms. The minimum atomic E-state index is -0.00211. The number of hydrogen-bond acceptors (Lipinski definition) is 6. The van der Waals surface area contributed by atoms with Crippen LogP contribution in [0.15, 0.2) is 47.4 Å². The summed E-state index contributed by atoms with van der Waals surface area (Å²) in [5.74, 6) is 0. The summed E-state index contributed by atoms with van der Waals surface area (Å²) in [6.45, 7) is 10.0. The molecule has 2 atom stereocenters. The number of benzene rings is 1. The van der Waals surface area contributed by atoms with E-state index in [0.717, 1.165) is 36.4 Å². The van der Waals surface area contributed by atoms with Gasteiger partial charge in [-0.1, -0.05) is 6.07 Å². The number of hydrogen-bond donors (Lipinski definition) is 0. The number of anilines is 2. The fraction of sp³-hybridized carbons (Fsp3) is 0.481. The van der Waals surface area contributed by atoms with Crippen LogP contribution in [0.2, 0.25) is 0 Å². The average Bonchev–Trinajstić information content (AvgIpc) is 3.16. The monoisotopic (exact) mass is 456 g/mol. The maximum absolute atomic E-state index is 12.7. The average molecular weight is 457 g/mol. The summed E-state index contributed by atoms with van der Waals surface area (Å²) < 4.78 is 1.65. The molecule has 4 aliphatic rings. The van der Waals surface area contributed by atoms with E-state index in [1.165, 1.54) is 43.0 Å². The lowest BCUT2D eigenvalue weighted by Crippen LogP contribution is -2.71. The smallest absolute Gasteiger partial charge is 0.253 e. The topological polar surface area (TPSA) is 47.9 Å². The second-order valence-electron chi connectivity index (χ2n) is 11.2. The highest BCUT2D eigenvalue weighted by atomic mass is 16.1. The van der Waals surface area contributed by atoms with Crippen LogP contribution in [-0.4, -0.2) is 71.7 Å². The Hall–Kier alpha value is -2.90. The summed E-state index contributed by atoms with van der Waals surface area (Å²) in [4.78, 5) is 27.2. The van der Waals surface area contributed by atoms with Crippen LogP contribution in [0.1, 0.15) is 24.1 Å². The van der Waals surface area contributed by atoms with Crippen LogP contribution in [0.4, 0.5) is 11.4 Å². The minimum Gasteiger partial charge on any atom is -0.370 e. The first-order valence-electron chi connectivity index (χ1n) is 12.4. The summed E-state index contributed by atoms with van der Waals surface area (Å²) in [6, 6.07) is 13.7. The number of pyridine rings is 2. The van der Waals surface area contributed by atoms with Gasteiger partial charge in [0.1, 0.15) is 5.65 Å². The predicted octanol–water partition coefficient (Wildman–Crippen LogP) is 2.45. The van der Waals surface area contributed by atoms with Gasteiger partial charge in [-0.05, 0) is 49.4 Å². The second-order valence-corrected chi connectivity index (χ2v) is 11.2. The van der Waals surface area contributed by atoms with Gasteiger partial charge in [0.2, 0.25) is 0 Å². The molecule has 0 bridgehead atoms. The number of nitrogens with zero attached hydrogens (tertiary/aromatic N) is 6. The Morgan fingerprint density at radius 3 is 2.62 bits per heavy atom. The van der Waals surface area contributed by atoms with Crippen molar-refractivity contribution in [3.63, 3.8) is 0 Å². The Labute approximate surface area is 200 Å². The third kappa shape index (κ3) is 2.89. The summed E-state index contributed by atoms with van der Waals surface area (Å²) >= 11 is 0. The molecule has 176 valence electrons. The molecule has 3 aromatic rings. The molecule has 1 aromatic carbocycles. The lowest BCUT2D eigenvalue weighted by molar-refractivity contribution is -0.00239. The Bertz CT molecular complexity index is 1350. The Morgan fingerprint density at radius 2 is 1.82 bits per heavy atom. The molecule has 4 aliphatic heterocycles. The molecular weight excluding hydrogens is 424 g/mol. The summed E-state index contributed by atoms with van der Waals surface area (Å²) in [5, 5.41) is 1.05. The van der Waals surface area contributed by atoms with E-state index < -0.39 is 0 Å². The lowest BCUT2D eigenvalue weighted by Gasteiger charge is -2.60. The number of piperazine rings is 1. The molecule has 7 rings (SSSR count). The predicted molar refractivity (Wildman–Crippen MR) is 136 cm³/mol. The van der Waals surface area contributed by atoms with Crippen LogP contribution in [0.25, 0.3) is 11.0 Å². The number of aromatic nitrogens is 2. The van der Waals surface area contributed by atoms with Crippen LogP contribution in [-0.2, 0) is 13.6 Å². The van der Waals surface area contributed by atoms with E-state index in [9.17, 15) is 4.79 Å². The Balaban J connectivity index is 1.18. The van der Waals surface area contributed by atoms with Gasteiger partial charge in [0.15, 0.2) is 0 Å². The van der Waals surface area contributed by atoms with Crippen LogP contribution in [0.5, 0.6) is 0 Å². The van der Waals surface area contributed by atoms with E-state index in [-0.39, 0.29) is 5.56 Å². The van der Waals surface area contributed by atoms with Crippen LogP contribution in [0, 0.1) is 5.41 Å². The van der Waals surface area contributed by atoms with E-state index >= 15 is 0 Å². The van der Waals surface area contributed by atoms with E-state index in [1.54, 1.807) is 23.9 Å². The zero-order valence-corrected chi connectivity index (χ0v) is 20.2. The molecule has 3 saturated heterocycles. The van der Waals surface area contributed by atoms with Crippen LogP contribution >= 0.6 is 0 Å². The molecule has 0 N–H and O–H groups in total. The first-order chi connectivity index (χ1) is 16.4. The Morgan fingerprint density at radius 1 is 1.00 bits per heavy atom. The van der Waals surface area contributed by atoms with Crippen molar-refractivity contribution < 1.29 is 0 Å². The highest BCUT2D eigenvalue weighted by molar-refractivity contribution is 5.89. The molecular formula is C27H32N6O. The third-order valence-corrected chi connectivity index (χ3v) is 8.62. The third-order valence-electron chi connectivity index (χ3n) is 8.62.